The van der Waals surface area contributed by atoms with Crippen LogP contribution in [0, 0.1) is 5.92 Å². The molecule has 3 atom stereocenters. The Morgan fingerprint density at radius 3 is 2.68 bits per heavy atom. The number of hydrogen-bond acceptors (Lipinski definition) is 3. The molecule has 0 bridgehead atoms. The lowest BCUT2D eigenvalue weighted by atomic mass is 9.87. The molecule has 5 rings (SSSR count). The van der Waals surface area contributed by atoms with Crippen LogP contribution in [0.5, 0.6) is 0 Å². The first-order chi connectivity index (χ1) is 10.8. The van der Waals surface area contributed by atoms with E-state index in [0.717, 1.165) is 18.5 Å². The van der Waals surface area contributed by atoms with E-state index < -0.39 is 0 Å². The van der Waals surface area contributed by atoms with Gasteiger partial charge in [-0.15, -0.1) is 0 Å². The van der Waals surface area contributed by atoms with E-state index in [4.69, 9.17) is 4.84 Å². The van der Waals surface area contributed by atoms with Gasteiger partial charge in [-0.3, -0.25) is 9.63 Å². The van der Waals surface area contributed by atoms with Gasteiger partial charge in [-0.1, -0.05) is 42.5 Å². The summed E-state index contributed by atoms with van der Waals surface area (Å²) in [4.78, 5) is 18.7. The minimum absolute atomic E-state index is 0.0210. The summed E-state index contributed by atoms with van der Waals surface area (Å²) in [7, 11) is 0. The first-order valence-corrected chi connectivity index (χ1v) is 7.97. The molecule has 1 saturated heterocycles. The van der Waals surface area contributed by atoms with Gasteiger partial charge in [0.05, 0.1) is 23.8 Å². The normalized spacial score (nSPS) is 28.6. The van der Waals surface area contributed by atoms with Gasteiger partial charge in [0.15, 0.2) is 0 Å². The van der Waals surface area contributed by atoms with E-state index in [1.165, 1.54) is 16.7 Å². The lowest BCUT2D eigenvalue weighted by Gasteiger charge is -2.27. The van der Waals surface area contributed by atoms with Crippen LogP contribution in [0.15, 0.2) is 48.5 Å². The molecule has 110 valence electrons. The summed E-state index contributed by atoms with van der Waals surface area (Å²) in [5.41, 5.74) is 4.95. The van der Waals surface area contributed by atoms with Gasteiger partial charge in [-0.25, -0.2) is 5.06 Å². The Bertz CT molecular complexity index is 770. The van der Waals surface area contributed by atoms with Crippen LogP contribution in [-0.2, 0) is 16.1 Å². The number of hydrogen-bond donors (Lipinski definition) is 0. The third-order valence-corrected chi connectivity index (χ3v) is 5.27. The fraction of sp³-hybridized carbons (Fsp3) is 0.316. The summed E-state index contributed by atoms with van der Waals surface area (Å²) < 4.78 is 0. The molecular formula is C19H17NO2. The van der Waals surface area contributed by atoms with Crippen LogP contribution in [0.2, 0.25) is 0 Å². The Balaban J connectivity index is 1.75. The third kappa shape index (κ3) is 1.57. The van der Waals surface area contributed by atoms with Crippen LogP contribution in [0.25, 0.3) is 0 Å². The minimum atomic E-state index is -0.0210. The molecule has 0 aromatic heterocycles. The van der Waals surface area contributed by atoms with Crippen molar-refractivity contribution in [2.75, 3.05) is 5.06 Å². The van der Waals surface area contributed by atoms with Crippen molar-refractivity contribution in [3.8, 4) is 0 Å². The highest BCUT2D eigenvalue weighted by Crippen LogP contribution is 2.50. The number of anilines is 1. The highest BCUT2D eigenvalue weighted by Gasteiger charge is 2.52. The number of carbonyl (C=O) groups excluding carboxylic acids is 1. The Kier molecular flexibility index (Phi) is 2.50. The van der Waals surface area contributed by atoms with Crippen LogP contribution in [-0.4, -0.2) is 11.9 Å². The van der Waals surface area contributed by atoms with E-state index in [0.29, 0.717) is 12.2 Å². The summed E-state index contributed by atoms with van der Waals surface area (Å²) in [6, 6.07) is 16.9. The van der Waals surface area contributed by atoms with E-state index in [2.05, 4.69) is 42.5 Å². The van der Waals surface area contributed by atoms with Crippen LogP contribution < -0.4 is 5.06 Å². The molecular weight excluding hydrogens is 274 g/mol. The molecule has 2 fully saturated rings. The van der Waals surface area contributed by atoms with Gasteiger partial charge in [-0.05, 0) is 35.6 Å². The predicted octanol–water partition coefficient (Wildman–Crippen LogP) is 3.43. The molecule has 1 aliphatic carbocycles. The molecule has 3 heteroatoms. The molecule has 3 aliphatic rings. The number of Topliss-reactive ketones (excluding diaryl/α,β-unsaturated/α-hetero) is 1. The Labute approximate surface area is 129 Å². The van der Waals surface area contributed by atoms with E-state index >= 15 is 0 Å². The molecule has 0 N–H and O–H groups in total. The zero-order valence-corrected chi connectivity index (χ0v) is 12.2. The number of carbonyl (C=O) groups is 1. The second kappa shape index (κ2) is 4.43. The molecule has 2 aromatic carbocycles. The first kappa shape index (κ1) is 12.4. The van der Waals surface area contributed by atoms with Crippen molar-refractivity contribution >= 4 is 11.5 Å². The topological polar surface area (TPSA) is 29.5 Å². The van der Waals surface area contributed by atoms with Crippen molar-refractivity contribution in [2.45, 2.75) is 31.4 Å². The number of para-hydroxylation sites is 1. The maximum absolute atomic E-state index is 12.4. The second-order valence-corrected chi connectivity index (χ2v) is 6.45. The number of fused-ring (bicyclic) bond motifs is 7. The van der Waals surface area contributed by atoms with Crippen molar-refractivity contribution in [2.24, 2.45) is 5.92 Å². The van der Waals surface area contributed by atoms with Crippen LogP contribution >= 0.6 is 0 Å². The summed E-state index contributed by atoms with van der Waals surface area (Å²) in [5, 5.41) is 2.02. The zero-order valence-electron chi connectivity index (χ0n) is 12.2. The SMILES string of the molecule is O=C1CC[C@@H]2ON3c4ccccc4Cc4ccccc4[C@@H]3[C@H]12. The summed E-state index contributed by atoms with van der Waals surface area (Å²) in [6.45, 7) is 0. The number of benzene rings is 2. The highest BCUT2D eigenvalue weighted by molar-refractivity contribution is 5.86. The Morgan fingerprint density at radius 1 is 1.00 bits per heavy atom. The molecule has 0 spiro atoms. The maximum Gasteiger partial charge on any atom is 0.141 e. The predicted molar refractivity (Wildman–Crippen MR) is 83.5 cm³/mol. The Morgan fingerprint density at radius 2 is 1.77 bits per heavy atom. The van der Waals surface area contributed by atoms with Gasteiger partial charge >= 0.3 is 0 Å². The smallest absolute Gasteiger partial charge is 0.141 e. The van der Waals surface area contributed by atoms with Gasteiger partial charge in [0, 0.05) is 6.42 Å². The van der Waals surface area contributed by atoms with E-state index in [-0.39, 0.29) is 18.1 Å². The molecule has 0 amide bonds. The fourth-order valence-corrected chi connectivity index (χ4v) is 4.28. The quantitative estimate of drug-likeness (QED) is 0.745. The second-order valence-electron chi connectivity index (χ2n) is 6.45. The molecule has 1 saturated carbocycles. The van der Waals surface area contributed by atoms with E-state index in [1.54, 1.807) is 0 Å². The van der Waals surface area contributed by atoms with Crippen molar-refractivity contribution in [3.05, 3.63) is 65.2 Å². The molecule has 22 heavy (non-hydrogen) atoms. The van der Waals surface area contributed by atoms with Gasteiger partial charge in [-0.2, -0.15) is 0 Å². The number of rotatable bonds is 0. The largest absolute Gasteiger partial charge is 0.299 e. The third-order valence-electron chi connectivity index (χ3n) is 5.27. The standard InChI is InChI=1S/C19H17NO2/c21-16-9-10-17-18(16)19-14-7-3-1-5-12(14)11-13-6-2-4-8-15(13)20(19)22-17/h1-8,17-19H,9-11H2/t17-,18+,19+/m0/s1. The molecule has 2 aliphatic heterocycles. The van der Waals surface area contributed by atoms with Gasteiger partial charge in [0.2, 0.25) is 0 Å². The summed E-state index contributed by atoms with van der Waals surface area (Å²) >= 11 is 0. The van der Waals surface area contributed by atoms with Gasteiger partial charge < -0.3 is 0 Å². The monoisotopic (exact) mass is 291 g/mol. The number of nitrogens with zero attached hydrogens (tertiary/aromatic N) is 1. The molecule has 0 radical (unpaired) electrons. The van der Waals surface area contributed by atoms with Gasteiger partial charge in [0.1, 0.15) is 5.78 Å². The average Bonchev–Trinajstić information content (AvgIpc) is 3.05. The van der Waals surface area contributed by atoms with Crippen LogP contribution in [0.3, 0.4) is 0 Å². The van der Waals surface area contributed by atoms with Crippen molar-refractivity contribution in [3.63, 3.8) is 0 Å². The maximum atomic E-state index is 12.4. The van der Waals surface area contributed by atoms with Crippen molar-refractivity contribution in [1.82, 2.24) is 0 Å². The molecule has 2 aromatic rings. The molecule has 0 unspecified atom stereocenters. The first-order valence-electron chi connectivity index (χ1n) is 7.97. The summed E-state index contributed by atoms with van der Waals surface area (Å²) in [6.07, 6.45) is 2.44. The average molecular weight is 291 g/mol. The minimum Gasteiger partial charge on any atom is -0.299 e. The summed E-state index contributed by atoms with van der Waals surface area (Å²) in [5.74, 6) is 0.332. The number of hydroxylamine groups is 1. The van der Waals surface area contributed by atoms with E-state index in [1.807, 2.05) is 11.1 Å². The fourth-order valence-electron chi connectivity index (χ4n) is 4.28. The highest BCUT2D eigenvalue weighted by atomic mass is 16.7. The Hall–Kier alpha value is -2.13. The van der Waals surface area contributed by atoms with Crippen LogP contribution in [0.4, 0.5) is 5.69 Å². The van der Waals surface area contributed by atoms with Crippen molar-refractivity contribution in [1.29, 1.82) is 0 Å². The lowest BCUT2D eigenvalue weighted by molar-refractivity contribution is -0.121. The van der Waals surface area contributed by atoms with E-state index in [9.17, 15) is 4.79 Å². The zero-order chi connectivity index (χ0) is 14.7. The van der Waals surface area contributed by atoms with Crippen molar-refractivity contribution < 1.29 is 9.63 Å². The molecule has 3 nitrogen and oxygen atoms in total. The van der Waals surface area contributed by atoms with Gasteiger partial charge in [0.25, 0.3) is 0 Å². The molecule has 2 heterocycles. The van der Waals surface area contributed by atoms with Crippen LogP contribution in [0.1, 0.15) is 35.6 Å². The number of ketones is 1. The lowest BCUT2D eigenvalue weighted by Crippen LogP contribution is -2.27.